The van der Waals surface area contributed by atoms with Gasteiger partial charge in [-0.15, -0.1) is 0 Å². The number of allylic oxidation sites excluding steroid dienone is 2. The molecule has 10 heavy (non-hydrogen) atoms. The van der Waals surface area contributed by atoms with E-state index in [9.17, 15) is 4.79 Å². The first-order chi connectivity index (χ1) is 4.72. The van der Waals surface area contributed by atoms with E-state index in [4.69, 9.17) is 0 Å². The molecule has 0 saturated heterocycles. The molecule has 0 bridgehead atoms. The normalized spacial score (nSPS) is 12.1. The molecule has 1 amide bonds. The molecule has 0 aromatic rings. The Balaban J connectivity index is 3.86. The Hall–Kier alpha value is -1.05. The van der Waals surface area contributed by atoms with E-state index in [1.807, 2.05) is 13.8 Å². The number of nitrogens with one attached hydrogen (secondary N) is 1. The lowest BCUT2D eigenvalue weighted by Gasteiger charge is -1.96. The van der Waals surface area contributed by atoms with Crippen molar-refractivity contribution >= 4 is 5.91 Å². The van der Waals surface area contributed by atoms with E-state index in [-0.39, 0.29) is 5.91 Å². The lowest BCUT2D eigenvalue weighted by atomic mass is 10.3. The third kappa shape index (κ3) is 3.07. The quantitative estimate of drug-likeness (QED) is 0.578. The molecule has 0 aliphatic carbocycles. The van der Waals surface area contributed by atoms with Crippen LogP contribution in [-0.2, 0) is 4.79 Å². The van der Waals surface area contributed by atoms with Crippen molar-refractivity contribution in [2.45, 2.75) is 20.8 Å². The Morgan fingerprint density at radius 3 is 2.40 bits per heavy atom. The molecule has 2 heteroatoms. The van der Waals surface area contributed by atoms with Crippen molar-refractivity contribution in [2.24, 2.45) is 0 Å². The highest BCUT2D eigenvalue weighted by Gasteiger charge is 1.96. The van der Waals surface area contributed by atoms with Crippen LogP contribution in [0.1, 0.15) is 20.8 Å². The molecule has 0 rings (SSSR count). The second-order valence-corrected chi connectivity index (χ2v) is 1.95. The predicted molar refractivity (Wildman–Crippen MR) is 42.4 cm³/mol. The average molecular weight is 139 g/mol. The number of carbonyl (C=O) groups is 1. The molecule has 0 spiro atoms. The zero-order valence-corrected chi connectivity index (χ0v) is 6.64. The fourth-order valence-corrected chi connectivity index (χ4v) is 0.404. The van der Waals surface area contributed by atoms with Gasteiger partial charge in [-0.2, -0.15) is 0 Å². The highest BCUT2D eigenvalue weighted by molar-refractivity contribution is 5.93. The van der Waals surface area contributed by atoms with E-state index in [1.54, 1.807) is 25.3 Å². The van der Waals surface area contributed by atoms with Crippen LogP contribution in [0.15, 0.2) is 23.9 Å². The van der Waals surface area contributed by atoms with E-state index in [1.165, 1.54) is 0 Å². The second-order valence-electron chi connectivity index (χ2n) is 1.95. The summed E-state index contributed by atoms with van der Waals surface area (Å²) in [6, 6.07) is 0. The Labute approximate surface area is 61.6 Å². The lowest BCUT2D eigenvalue weighted by molar-refractivity contribution is -0.116. The molecule has 0 heterocycles. The van der Waals surface area contributed by atoms with E-state index >= 15 is 0 Å². The second kappa shape index (κ2) is 4.79. The van der Waals surface area contributed by atoms with Crippen LogP contribution in [0.25, 0.3) is 0 Å². The van der Waals surface area contributed by atoms with E-state index in [2.05, 4.69) is 5.32 Å². The van der Waals surface area contributed by atoms with Gasteiger partial charge in [-0.05, 0) is 27.0 Å². The molecule has 56 valence electrons. The standard InChI is InChI=1S/C8H13NO/c1-4-6-9-8(10)7(3)5-2/h4-6H,1-3H3,(H,9,10)/b6-4+,7-5+. The number of carbonyl (C=O) groups excluding carboxylic acids is 1. The van der Waals surface area contributed by atoms with Crippen LogP contribution < -0.4 is 5.32 Å². The van der Waals surface area contributed by atoms with Gasteiger partial charge >= 0.3 is 0 Å². The van der Waals surface area contributed by atoms with Crippen LogP contribution in [0.4, 0.5) is 0 Å². The Morgan fingerprint density at radius 1 is 1.40 bits per heavy atom. The van der Waals surface area contributed by atoms with Gasteiger partial charge in [0.1, 0.15) is 0 Å². The fourth-order valence-electron chi connectivity index (χ4n) is 0.404. The largest absolute Gasteiger partial charge is 0.329 e. The predicted octanol–water partition coefficient (Wildman–Crippen LogP) is 1.60. The monoisotopic (exact) mass is 139 g/mol. The topological polar surface area (TPSA) is 29.1 Å². The summed E-state index contributed by atoms with van der Waals surface area (Å²) >= 11 is 0. The van der Waals surface area contributed by atoms with Gasteiger partial charge in [-0.1, -0.05) is 12.2 Å². The molecule has 0 fully saturated rings. The third-order valence-electron chi connectivity index (χ3n) is 1.17. The van der Waals surface area contributed by atoms with E-state index in [0.717, 1.165) is 5.57 Å². The fraction of sp³-hybridized carbons (Fsp3) is 0.375. The summed E-state index contributed by atoms with van der Waals surface area (Å²) in [5.74, 6) is -0.0411. The summed E-state index contributed by atoms with van der Waals surface area (Å²) in [5.41, 5.74) is 0.734. The first-order valence-corrected chi connectivity index (χ1v) is 3.27. The van der Waals surface area contributed by atoms with E-state index < -0.39 is 0 Å². The van der Waals surface area contributed by atoms with Gasteiger partial charge in [-0.25, -0.2) is 0 Å². The van der Waals surface area contributed by atoms with Crippen molar-refractivity contribution in [3.8, 4) is 0 Å². The molecule has 0 aliphatic heterocycles. The summed E-state index contributed by atoms with van der Waals surface area (Å²) in [6.45, 7) is 5.47. The smallest absolute Gasteiger partial charge is 0.250 e. The maximum Gasteiger partial charge on any atom is 0.250 e. The summed E-state index contributed by atoms with van der Waals surface area (Å²) in [4.78, 5) is 10.9. The van der Waals surface area contributed by atoms with Crippen molar-refractivity contribution in [3.63, 3.8) is 0 Å². The maximum atomic E-state index is 10.9. The minimum Gasteiger partial charge on any atom is -0.329 e. The van der Waals surface area contributed by atoms with Gasteiger partial charge in [0, 0.05) is 5.57 Å². The highest BCUT2D eigenvalue weighted by atomic mass is 16.1. The Kier molecular flexibility index (Phi) is 4.29. The molecule has 0 aromatic heterocycles. The molecule has 0 aliphatic rings. The van der Waals surface area contributed by atoms with Gasteiger partial charge in [-0.3, -0.25) is 4.79 Å². The number of hydrogen-bond acceptors (Lipinski definition) is 1. The van der Waals surface area contributed by atoms with Gasteiger partial charge in [0.2, 0.25) is 5.91 Å². The van der Waals surface area contributed by atoms with Gasteiger partial charge in [0.25, 0.3) is 0 Å². The molecule has 0 unspecified atom stereocenters. The van der Waals surface area contributed by atoms with Crippen LogP contribution in [0.3, 0.4) is 0 Å². The summed E-state index contributed by atoms with van der Waals surface area (Å²) in [7, 11) is 0. The molecule has 2 nitrogen and oxygen atoms in total. The van der Waals surface area contributed by atoms with Crippen LogP contribution in [0.2, 0.25) is 0 Å². The SMILES string of the molecule is C/C=C/NC(=O)/C(C)=C/C. The maximum absolute atomic E-state index is 10.9. The first-order valence-electron chi connectivity index (χ1n) is 3.27. The lowest BCUT2D eigenvalue weighted by Crippen LogP contribution is -2.17. The molecular formula is C8H13NO. The molecule has 0 saturated carbocycles. The van der Waals surface area contributed by atoms with Crippen molar-refractivity contribution in [1.82, 2.24) is 5.32 Å². The number of hydrogen-bond donors (Lipinski definition) is 1. The van der Waals surface area contributed by atoms with E-state index in [0.29, 0.717) is 0 Å². The van der Waals surface area contributed by atoms with Crippen molar-refractivity contribution < 1.29 is 4.79 Å². The van der Waals surface area contributed by atoms with Crippen molar-refractivity contribution in [2.75, 3.05) is 0 Å². The zero-order valence-electron chi connectivity index (χ0n) is 6.64. The number of rotatable bonds is 2. The Bertz CT molecular complexity index is 168. The van der Waals surface area contributed by atoms with Crippen LogP contribution in [0.5, 0.6) is 0 Å². The minimum absolute atomic E-state index is 0.0411. The van der Waals surface area contributed by atoms with Gasteiger partial charge in [0.15, 0.2) is 0 Å². The molecule has 0 radical (unpaired) electrons. The third-order valence-corrected chi connectivity index (χ3v) is 1.17. The summed E-state index contributed by atoms with van der Waals surface area (Å²) in [6.07, 6.45) is 5.18. The van der Waals surface area contributed by atoms with Crippen LogP contribution in [0, 0.1) is 0 Å². The Morgan fingerprint density at radius 2 is 2.00 bits per heavy atom. The van der Waals surface area contributed by atoms with Gasteiger partial charge < -0.3 is 5.32 Å². The minimum atomic E-state index is -0.0411. The van der Waals surface area contributed by atoms with Crippen LogP contribution >= 0.6 is 0 Å². The van der Waals surface area contributed by atoms with Crippen molar-refractivity contribution in [3.05, 3.63) is 23.9 Å². The first kappa shape index (κ1) is 8.95. The highest BCUT2D eigenvalue weighted by Crippen LogP contribution is 1.89. The average Bonchev–Trinajstić information content (AvgIpc) is 1.98. The molecule has 1 N–H and O–H groups in total. The number of amides is 1. The van der Waals surface area contributed by atoms with Crippen LogP contribution in [-0.4, -0.2) is 5.91 Å². The summed E-state index contributed by atoms with van der Waals surface area (Å²) in [5, 5.41) is 2.60. The zero-order chi connectivity index (χ0) is 7.98. The summed E-state index contributed by atoms with van der Waals surface area (Å²) < 4.78 is 0. The van der Waals surface area contributed by atoms with Gasteiger partial charge in [0.05, 0.1) is 0 Å². The van der Waals surface area contributed by atoms with Crippen molar-refractivity contribution in [1.29, 1.82) is 0 Å². The molecule has 0 atom stereocenters. The molecule has 0 aromatic carbocycles. The molecular weight excluding hydrogens is 126 g/mol.